The molecule has 2 atom stereocenters. The second kappa shape index (κ2) is 5.82. The summed E-state index contributed by atoms with van der Waals surface area (Å²) in [6.07, 6.45) is 10.8. The van der Waals surface area contributed by atoms with E-state index in [0.29, 0.717) is 12.1 Å². The van der Waals surface area contributed by atoms with Crippen LogP contribution in [0.4, 0.5) is 0 Å². The molecule has 19 heavy (non-hydrogen) atoms. The molecule has 0 aromatic rings. The van der Waals surface area contributed by atoms with Crippen molar-refractivity contribution in [2.24, 2.45) is 5.92 Å². The van der Waals surface area contributed by atoms with Gasteiger partial charge in [0.15, 0.2) is 0 Å². The highest BCUT2D eigenvalue weighted by Gasteiger charge is 2.39. The molecule has 3 heteroatoms. The van der Waals surface area contributed by atoms with Crippen LogP contribution in [0.1, 0.15) is 58.3 Å². The van der Waals surface area contributed by atoms with Crippen LogP contribution in [0.5, 0.6) is 0 Å². The lowest BCUT2D eigenvalue weighted by Crippen LogP contribution is -2.48. The lowest BCUT2D eigenvalue weighted by Gasteiger charge is -2.35. The Morgan fingerprint density at radius 3 is 2.37 bits per heavy atom. The second-order valence-corrected chi connectivity index (χ2v) is 6.78. The highest BCUT2D eigenvalue weighted by Crippen LogP contribution is 2.33. The van der Waals surface area contributed by atoms with Crippen LogP contribution in [0.2, 0.25) is 0 Å². The molecule has 0 radical (unpaired) electrons. The molecule has 0 N–H and O–H groups in total. The molecule has 3 aliphatic rings. The first-order valence-electron chi connectivity index (χ1n) is 8.27. The molecule has 0 bridgehead atoms. The molecule has 0 aromatic heterocycles. The lowest BCUT2D eigenvalue weighted by molar-refractivity contribution is -0.130. The molecule has 1 saturated carbocycles. The van der Waals surface area contributed by atoms with Gasteiger partial charge in [0, 0.05) is 32.1 Å². The summed E-state index contributed by atoms with van der Waals surface area (Å²) in [5.41, 5.74) is 0. The van der Waals surface area contributed by atoms with Crippen molar-refractivity contribution in [3.05, 3.63) is 0 Å². The van der Waals surface area contributed by atoms with E-state index in [0.717, 1.165) is 12.5 Å². The lowest BCUT2D eigenvalue weighted by atomic mass is 10.0. The van der Waals surface area contributed by atoms with Crippen LogP contribution in [0.25, 0.3) is 0 Å². The maximum absolute atomic E-state index is 11.8. The first kappa shape index (κ1) is 13.4. The van der Waals surface area contributed by atoms with Crippen molar-refractivity contribution in [2.45, 2.75) is 70.4 Å². The van der Waals surface area contributed by atoms with Gasteiger partial charge in [-0.05, 0) is 51.0 Å². The smallest absolute Gasteiger partial charge is 0.219 e. The molecule has 1 amide bonds. The van der Waals surface area contributed by atoms with Gasteiger partial charge in [-0.2, -0.15) is 0 Å². The SMILES string of the molecule is CC(=O)N1CCCC1C1CCCN1CC1CCCC1. The Labute approximate surface area is 117 Å². The van der Waals surface area contributed by atoms with E-state index >= 15 is 0 Å². The zero-order valence-electron chi connectivity index (χ0n) is 12.3. The van der Waals surface area contributed by atoms with Crippen molar-refractivity contribution in [3.63, 3.8) is 0 Å². The number of likely N-dealkylation sites (tertiary alicyclic amines) is 2. The van der Waals surface area contributed by atoms with Crippen molar-refractivity contribution >= 4 is 5.91 Å². The third-order valence-electron chi connectivity index (χ3n) is 5.53. The van der Waals surface area contributed by atoms with Gasteiger partial charge in [0.25, 0.3) is 0 Å². The van der Waals surface area contributed by atoms with E-state index in [4.69, 9.17) is 0 Å². The van der Waals surface area contributed by atoms with Gasteiger partial charge in [-0.25, -0.2) is 0 Å². The molecule has 2 aliphatic heterocycles. The van der Waals surface area contributed by atoms with Gasteiger partial charge in [0.2, 0.25) is 5.91 Å². The fourth-order valence-corrected chi connectivity index (χ4v) is 4.62. The summed E-state index contributed by atoms with van der Waals surface area (Å²) >= 11 is 0. The molecule has 108 valence electrons. The molecular formula is C16H28N2O. The van der Waals surface area contributed by atoms with Gasteiger partial charge < -0.3 is 4.90 Å². The molecule has 2 unspecified atom stereocenters. The van der Waals surface area contributed by atoms with Crippen LogP contribution in [-0.4, -0.2) is 47.4 Å². The Morgan fingerprint density at radius 1 is 0.947 bits per heavy atom. The van der Waals surface area contributed by atoms with Crippen LogP contribution in [-0.2, 0) is 4.79 Å². The monoisotopic (exact) mass is 264 g/mol. The Bertz CT molecular complexity index is 325. The van der Waals surface area contributed by atoms with E-state index in [9.17, 15) is 4.79 Å². The summed E-state index contributed by atoms with van der Waals surface area (Å²) in [6.45, 7) is 5.30. The van der Waals surface area contributed by atoms with Gasteiger partial charge in [0.05, 0.1) is 0 Å². The standard InChI is InChI=1S/C16H28N2O/c1-13(19)18-11-5-9-16(18)15-8-4-10-17(15)12-14-6-2-3-7-14/h14-16H,2-12H2,1H3. The Kier molecular flexibility index (Phi) is 4.11. The summed E-state index contributed by atoms with van der Waals surface area (Å²) < 4.78 is 0. The van der Waals surface area contributed by atoms with E-state index in [1.807, 2.05) is 0 Å². The number of rotatable bonds is 3. The van der Waals surface area contributed by atoms with Crippen molar-refractivity contribution in [2.75, 3.05) is 19.6 Å². The highest BCUT2D eigenvalue weighted by atomic mass is 16.2. The molecule has 0 spiro atoms. The minimum atomic E-state index is 0.287. The maximum Gasteiger partial charge on any atom is 0.219 e. The normalized spacial score (nSPS) is 33.4. The van der Waals surface area contributed by atoms with Gasteiger partial charge >= 0.3 is 0 Å². The number of nitrogens with zero attached hydrogens (tertiary/aromatic N) is 2. The van der Waals surface area contributed by atoms with E-state index in [1.165, 1.54) is 64.5 Å². The van der Waals surface area contributed by atoms with E-state index < -0.39 is 0 Å². The second-order valence-electron chi connectivity index (χ2n) is 6.78. The van der Waals surface area contributed by atoms with Crippen LogP contribution in [0.3, 0.4) is 0 Å². The van der Waals surface area contributed by atoms with Gasteiger partial charge in [0.1, 0.15) is 0 Å². The van der Waals surface area contributed by atoms with Crippen molar-refractivity contribution in [3.8, 4) is 0 Å². The molecule has 3 rings (SSSR count). The van der Waals surface area contributed by atoms with E-state index in [1.54, 1.807) is 6.92 Å². The van der Waals surface area contributed by atoms with Crippen molar-refractivity contribution in [1.82, 2.24) is 9.80 Å². The van der Waals surface area contributed by atoms with Crippen LogP contribution in [0.15, 0.2) is 0 Å². The van der Waals surface area contributed by atoms with Gasteiger partial charge in [-0.15, -0.1) is 0 Å². The summed E-state index contributed by atoms with van der Waals surface area (Å²) in [4.78, 5) is 16.6. The Morgan fingerprint density at radius 2 is 1.63 bits per heavy atom. The molecule has 3 fully saturated rings. The molecule has 1 aliphatic carbocycles. The molecule has 3 nitrogen and oxygen atoms in total. The first-order chi connectivity index (χ1) is 9.25. The minimum Gasteiger partial charge on any atom is -0.338 e. The average molecular weight is 264 g/mol. The van der Waals surface area contributed by atoms with E-state index in [-0.39, 0.29) is 5.91 Å². The van der Waals surface area contributed by atoms with E-state index in [2.05, 4.69) is 9.80 Å². The number of carbonyl (C=O) groups is 1. The predicted octanol–water partition coefficient (Wildman–Crippen LogP) is 2.65. The quantitative estimate of drug-likeness (QED) is 0.782. The first-order valence-corrected chi connectivity index (χ1v) is 8.27. The fraction of sp³-hybridized carbons (Fsp3) is 0.938. The summed E-state index contributed by atoms with van der Waals surface area (Å²) in [6, 6.07) is 1.17. The maximum atomic E-state index is 11.8. The number of carbonyl (C=O) groups excluding carboxylic acids is 1. The van der Waals surface area contributed by atoms with Crippen LogP contribution in [0, 0.1) is 5.92 Å². The zero-order valence-corrected chi connectivity index (χ0v) is 12.3. The molecule has 0 aromatic carbocycles. The molecule has 2 saturated heterocycles. The van der Waals surface area contributed by atoms with Gasteiger partial charge in [-0.1, -0.05) is 12.8 Å². The van der Waals surface area contributed by atoms with Crippen LogP contribution < -0.4 is 0 Å². The summed E-state index contributed by atoms with van der Waals surface area (Å²) in [7, 11) is 0. The summed E-state index contributed by atoms with van der Waals surface area (Å²) in [5, 5.41) is 0. The Hall–Kier alpha value is -0.570. The molecule has 2 heterocycles. The Balaban J connectivity index is 1.63. The van der Waals surface area contributed by atoms with Gasteiger partial charge in [-0.3, -0.25) is 9.69 Å². The topological polar surface area (TPSA) is 23.6 Å². The van der Waals surface area contributed by atoms with Crippen molar-refractivity contribution < 1.29 is 4.79 Å². The number of hydrogen-bond donors (Lipinski definition) is 0. The number of amides is 1. The fourth-order valence-electron chi connectivity index (χ4n) is 4.62. The molecular weight excluding hydrogens is 236 g/mol. The predicted molar refractivity (Wildman–Crippen MR) is 77.0 cm³/mol. The third-order valence-corrected chi connectivity index (χ3v) is 5.53. The highest BCUT2D eigenvalue weighted by molar-refractivity contribution is 5.74. The van der Waals surface area contributed by atoms with Crippen molar-refractivity contribution in [1.29, 1.82) is 0 Å². The summed E-state index contributed by atoms with van der Waals surface area (Å²) in [5.74, 6) is 1.22. The zero-order chi connectivity index (χ0) is 13.2. The minimum absolute atomic E-state index is 0.287. The third kappa shape index (κ3) is 2.81. The van der Waals surface area contributed by atoms with Crippen LogP contribution >= 0.6 is 0 Å². The largest absolute Gasteiger partial charge is 0.338 e. The average Bonchev–Trinajstić information content (AvgIpc) is 3.08. The number of hydrogen-bond acceptors (Lipinski definition) is 2.